The number of nitriles is 1. The first-order chi connectivity index (χ1) is 8.21. The van der Waals surface area contributed by atoms with E-state index in [2.05, 4.69) is 30.1 Å². The van der Waals surface area contributed by atoms with Gasteiger partial charge in [-0.1, -0.05) is 13.8 Å². The molecule has 1 saturated carbocycles. The predicted octanol–water partition coefficient (Wildman–Crippen LogP) is 2.53. The Labute approximate surface area is 106 Å². The largest absolute Gasteiger partial charge is 0.302 e. The Balaban J connectivity index is 2.31. The zero-order valence-corrected chi connectivity index (χ0v) is 11.6. The number of rotatable bonds is 9. The van der Waals surface area contributed by atoms with Crippen LogP contribution in [0.5, 0.6) is 0 Å². The fraction of sp³-hybridized carbons (Fsp3) is 0.929. The van der Waals surface area contributed by atoms with Crippen molar-refractivity contribution in [2.45, 2.75) is 64.0 Å². The fourth-order valence-corrected chi connectivity index (χ4v) is 2.46. The lowest BCUT2D eigenvalue weighted by Gasteiger charge is -2.27. The molecule has 1 unspecified atom stereocenters. The van der Waals surface area contributed by atoms with Crippen LogP contribution in [0.2, 0.25) is 0 Å². The number of nitrogens with zero attached hydrogens (tertiary/aromatic N) is 2. The van der Waals surface area contributed by atoms with E-state index in [0.717, 1.165) is 31.8 Å². The molecule has 0 heterocycles. The van der Waals surface area contributed by atoms with Crippen LogP contribution in [-0.2, 0) is 0 Å². The first-order valence-electron chi connectivity index (χ1n) is 7.05. The van der Waals surface area contributed by atoms with E-state index in [4.69, 9.17) is 0 Å². The summed E-state index contributed by atoms with van der Waals surface area (Å²) in [7, 11) is 1.90. The molecule has 0 aliphatic heterocycles. The van der Waals surface area contributed by atoms with Gasteiger partial charge in [0.1, 0.15) is 5.54 Å². The minimum absolute atomic E-state index is 0.304. The maximum absolute atomic E-state index is 9.24. The molecule has 1 aliphatic rings. The SMILES string of the molecule is CCCN(CCCC(C#N)(CC)NC)C1CC1. The third kappa shape index (κ3) is 4.29. The zero-order valence-electron chi connectivity index (χ0n) is 11.6. The van der Waals surface area contributed by atoms with E-state index in [-0.39, 0.29) is 5.54 Å². The molecule has 1 rings (SSSR count). The van der Waals surface area contributed by atoms with Crippen LogP contribution >= 0.6 is 0 Å². The minimum atomic E-state index is -0.304. The highest BCUT2D eigenvalue weighted by molar-refractivity contribution is 5.05. The second kappa shape index (κ2) is 6.98. The molecule has 0 spiro atoms. The van der Waals surface area contributed by atoms with Crippen molar-refractivity contribution in [3.05, 3.63) is 0 Å². The second-order valence-corrected chi connectivity index (χ2v) is 5.17. The van der Waals surface area contributed by atoms with Crippen molar-refractivity contribution in [1.82, 2.24) is 10.2 Å². The van der Waals surface area contributed by atoms with E-state index in [9.17, 15) is 5.26 Å². The summed E-state index contributed by atoms with van der Waals surface area (Å²) >= 11 is 0. The summed E-state index contributed by atoms with van der Waals surface area (Å²) < 4.78 is 0. The van der Waals surface area contributed by atoms with E-state index < -0.39 is 0 Å². The van der Waals surface area contributed by atoms with Crippen LogP contribution in [-0.4, -0.2) is 36.6 Å². The molecule has 0 bridgehead atoms. The van der Waals surface area contributed by atoms with Gasteiger partial charge in [0.2, 0.25) is 0 Å². The topological polar surface area (TPSA) is 39.1 Å². The molecule has 3 heteroatoms. The lowest BCUT2D eigenvalue weighted by atomic mass is 9.92. The van der Waals surface area contributed by atoms with Gasteiger partial charge in [-0.3, -0.25) is 0 Å². The third-order valence-electron chi connectivity index (χ3n) is 3.92. The lowest BCUT2D eigenvalue weighted by molar-refractivity contribution is 0.246. The predicted molar refractivity (Wildman–Crippen MR) is 71.8 cm³/mol. The fourth-order valence-electron chi connectivity index (χ4n) is 2.46. The summed E-state index contributed by atoms with van der Waals surface area (Å²) in [6.07, 6.45) is 6.96. The van der Waals surface area contributed by atoms with Crippen LogP contribution in [0.15, 0.2) is 0 Å². The van der Waals surface area contributed by atoms with Gasteiger partial charge in [-0.15, -0.1) is 0 Å². The van der Waals surface area contributed by atoms with Gasteiger partial charge in [0.05, 0.1) is 6.07 Å². The van der Waals surface area contributed by atoms with Crippen LogP contribution in [0.1, 0.15) is 52.4 Å². The Kier molecular flexibility index (Phi) is 5.94. The van der Waals surface area contributed by atoms with Gasteiger partial charge in [0, 0.05) is 6.04 Å². The van der Waals surface area contributed by atoms with Crippen molar-refractivity contribution in [3.63, 3.8) is 0 Å². The summed E-state index contributed by atoms with van der Waals surface area (Å²) in [5.41, 5.74) is -0.304. The molecule has 1 N–H and O–H groups in total. The van der Waals surface area contributed by atoms with E-state index in [1.165, 1.54) is 25.8 Å². The highest BCUT2D eigenvalue weighted by atomic mass is 15.2. The van der Waals surface area contributed by atoms with Crippen molar-refractivity contribution in [2.75, 3.05) is 20.1 Å². The van der Waals surface area contributed by atoms with Crippen LogP contribution in [0.4, 0.5) is 0 Å². The molecule has 98 valence electrons. The average Bonchev–Trinajstić information content (AvgIpc) is 3.18. The minimum Gasteiger partial charge on any atom is -0.302 e. The van der Waals surface area contributed by atoms with Crippen LogP contribution < -0.4 is 5.32 Å². The molecule has 0 radical (unpaired) electrons. The molecule has 1 aliphatic carbocycles. The van der Waals surface area contributed by atoms with Gasteiger partial charge in [0.25, 0.3) is 0 Å². The van der Waals surface area contributed by atoms with Crippen molar-refractivity contribution >= 4 is 0 Å². The highest BCUT2D eigenvalue weighted by Crippen LogP contribution is 2.27. The van der Waals surface area contributed by atoms with Crippen LogP contribution in [0.3, 0.4) is 0 Å². The van der Waals surface area contributed by atoms with Crippen molar-refractivity contribution < 1.29 is 0 Å². The molecular weight excluding hydrogens is 210 g/mol. The molecule has 0 aromatic rings. The average molecular weight is 237 g/mol. The summed E-state index contributed by atoms with van der Waals surface area (Å²) in [5, 5.41) is 12.4. The maximum Gasteiger partial charge on any atom is 0.106 e. The Bertz CT molecular complexity index is 249. The Hall–Kier alpha value is -0.590. The van der Waals surface area contributed by atoms with E-state index in [0.29, 0.717) is 0 Å². The van der Waals surface area contributed by atoms with Crippen LogP contribution in [0.25, 0.3) is 0 Å². The summed E-state index contributed by atoms with van der Waals surface area (Å²) in [4.78, 5) is 2.60. The van der Waals surface area contributed by atoms with Gasteiger partial charge in [-0.05, 0) is 58.7 Å². The van der Waals surface area contributed by atoms with Gasteiger partial charge >= 0.3 is 0 Å². The van der Waals surface area contributed by atoms with Crippen molar-refractivity contribution in [2.24, 2.45) is 0 Å². The molecule has 1 atom stereocenters. The van der Waals surface area contributed by atoms with Gasteiger partial charge in [0.15, 0.2) is 0 Å². The first-order valence-corrected chi connectivity index (χ1v) is 7.05. The van der Waals surface area contributed by atoms with Gasteiger partial charge in [-0.2, -0.15) is 5.26 Å². The summed E-state index contributed by atoms with van der Waals surface area (Å²) in [5.74, 6) is 0. The third-order valence-corrected chi connectivity index (χ3v) is 3.92. The Morgan fingerprint density at radius 3 is 2.47 bits per heavy atom. The first kappa shape index (κ1) is 14.5. The van der Waals surface area contributed by atoms with Crippen LogP contribution in [0, 0.1) is 11.3 Å². The number of hydrogen-bond acceptors (Lipinski definition) is 3. The smallest absolute Gasteiger partial charge is 0.106 e. The molecule has 0 saturated heterocycles. The van der Waals surface area contributed by atoms with Gasteiger partial charge < -0.3 is 10.2 Å². The molecule has 0 aromatic carbocycles. The second-order valence-electron chi connectivity index (χ2n) is 5.17. The summed E-state index contributed by atoms with van der Waals surface area (Å²) in [6.45, 7) is 6.71. The quantitative estimate of drug-likeness (QED) is 0.670. The molecule has 0 aromatic heterocycles. The molecule has 1 fully saturated rings. The molecule has 0 amide bonds. The van der Waals surface area contributed by atoms with Gasteiger partial charge in [-0.25, -0.2) is 0 Å². The van der Waals surface area contributed by atoms with E-state index in [1.54, 1.807) is 0 Å². The Morgan fingerprint density at radius 1 is 1.35 bits per heavy atom. The van der Waals surface area contributed by atoms with E-state index >= 15 is 0 Å². The standard InChI is InChI=1S/C14H27N3/c1-4-10-17(13-7-8-13)11-6-9-14(5-2,12-15)16-3/h13,16H,4-11H2,1-3H3. The monoisotopic (exact) mass is 237 g/mol. The number of hydrogen-bond donors (Lipinski definition) is 1. The molecule has 17 heavy (non-hydrogen) atoms. The molecular formula is C14H27N3. The van der Waals surface area contributed by atoms with Crippen molar-refractivity contribution in [3.8, 4) is 6.07 Å². The maximum atomic E-state index is 9.24. The number of nitrogens with one attached hydrogen (secondary N) is 1. The molecule has 3 nitrogen and oxygen atoms in total. The lowest BCUT2D eigenvalue weighted by Crippen LogP contribution is -2.41. The Morgan fingerprint density at radius 2 is 2.06 bits per heavy atom. The van der Waals surface area contributed by atoms with Crippen molar-refractivity contribution in [1.29, 1.82) is 5.26 Å². The normalized spacial score (nSPS) is 19.0. The van der Waals surface area contributed by atoms with E-state index in [1.807, 2.05) is 7.05 Å². The highest BCUT2D eigenvalue weighted by Gasteiger charge is 2.29. The summed E-state index contributed by atoms with van der Waals surface area (Å²) in [6, 6.07) is 3.29. The zero-order chi connectivity index (χ0) is 12.7.